The van der Waals surface area contributed by atoms with Crippen LogP contribution in [0.3, 0.4) is 0 Å². The Kier molecular flexibility index (Phi) is 14.0. The lowest BCUT2D eigenvalue weighted by molar-refractivity contribution is -0.136. The molecular formula is C45H55N7O7. The number of likely N-dealkylation sites (tertiary alicyclic amines) is 1. The molecule has 7 rings (SSSR count). The van der Waals surface area contributed by atoms with Crippen LogP contribution in [-0.2, 0) is 33.8 Å². The average molecular weight is 806 g/mol. The molecule has 2 fully saturated rings. The standard InChI is InChI=1S/C45H55N7O7/c53-34(14-5-3-1-2-4-11-31-13-8-16-36-42(31)45(59)52(44(36)58)38-18-20-41(56)49-43(38)57)15-9-22-50-26-33(27-50)48-40-24-37(46-29-47-40)39(55)19-17-35(54)28-51-23-21-30-10-6-7-12-32(30)25-51/h6-8,10,12-13,16,24,29,33,35,38,54H,1-5,9,11,14-15,17-23,25-28H2,(H,46,47,48)(H,49,56,57)/t35-,38?/m0/s1. The Morgan fingerprint density at radius 3 is 2.46 bits per heavy atom. The largest absolute Gasteiger partial charge is 0.392 e. The minimum Gasteiger partial charge on any atom is -0.392 e. The van der Waals surface area contributed by atoms with Gasteiger partial charge >= 0.3 is 0 Å². The number of carbonyl (C=O) groups is 6. The van der Waals surface area contributed by atoms with E-state index >= 15 is 0 Å². The molecule has 0 radical (unpaired) electrons. The van der Waals surface area contributed by atoms with Gasteiger partial charge in [0.05, 0.1) is 23.3 Å². The molecular weight excluding hydrogens is 751 g/mol. The van der Waals surface area contributed by atoms with Crippen LogP contribution in [0.2, 0.25) is 0 Å². The van der Waals surface area contributed by atoms with E-state index in [1.165, 1.54) is 17.5 Å². The Labute approximate surface area is 345 Å². The van der Waals surface area contributed by atoms with Crippen molar-refractivity contribution in [2.24, 2.45) is 0 Å². The number of aliphatic hydroxyl groups is 1. The Morgan fingerprint density at radius 1 is 0.847 bits per heavy atom. The molecule has 3 aromatic rings. The maximum Gasteiger partial charge on any atom is 0.262 e. The summed E-state index contributed by atoms with van der Waals surface area (Å²) in [7, 11) is 0. The number of rotatable bonds is 21. The van der Waals surface area contributed by atoms with Gasteiger partial charge in [0.15, 0.2) is 5.78 Å². The number of β-amino-alcohol motifs (C(OH)–C–C–N with tert-alkyl or cyclic N) is 1. The number of nitrogens with zero attached hydrogens (tertiary/aromatic N) is 5. The highest BCUT2D eigenvalue weighted by Gasteiger charge is 2.45. The number of amides is 4. The molecule has 4 aliphatic heterocycles. The zero-order valence-electron chi connectivity index (χ0n) is 33.7. The molecule has 1 unspecified atom stereocenters. The minimum absolute atomic E-state index is 0.0882. The molecule has 0 spiro atoms. The first-order valence-corrected chi connectivity index (χ1v) is 21.3. The van der Waals surface area contributed by atoms with E-state index in [1.807, 2.05) is 12.1 Å². The normalized spacial score (nSPS) is 18.9. The van der Waals surface area contributed by atoms with Gasteiger partial charge in [-0.15, -0.1) is 0 Å². The second kappa shape index (κ2) is 19.7. The predicted octanol–water partition coefficient (Wildman–Crippen LogP) is 4.29. The molecule has 5 heterocycles. The summed E-state index contributed by atoms with van der Waals surface area (Å²) in [5.41, 5.74) is 4.50. The van der Waals surface area contributed by atoms with Gasteiger partial charge in [0, 0.05) is 64.5 Å². The van der Waals surface area contributed by atoms with Crippen LogP contribution in [0.4, 0.5) is 5.82 Å². The quantitative estimate of drug-likeness (QED) is 0.0791. The third-order valence-corrected chi connectivity index (χ3v) is 12.0. The number of carbonyl (C=O) groups excluding carboxylic acids is 6. The van der Waals surface area contributed by atoms with Gasteiger partial charge in [-0.3, -0.25) is 48.8 Å². The van der Waals surface area contributed by atoms with Crippen molar-refractivity contribution in [2.75, 3.05) is 38.0 Å². The summed E-state index contributed by atoms with van der Waals surface area (Å²) in [6, 6.07) is 14.6. The monoisotopic (exact) mass is 805 g/mol. The molecule has 2 saturated heterocycles. The fraction of sp³-hybridized carbons (Fsp3) is 0.511. The van der Waals surface area contributed by atoms with Gasteiger partial charge in [-0.2, -0.15) is 0 Å². The number of aliphatic hydroxyl groups excluding tert-OH is 1. The van der Waals surface area contributed by atoms with Gasteiger partial charge in [0.25, 0.3) is 11.8 Å². The summed E-state index contributed by atoms with van der Waals surface area (Å²) in [6.45, 7) is 4.79. The van der Waals surface area contributed by atoms with Crippen LogP contribution in [-0.4, -0.2) is 116 Å². The van der Waals surface area contributed by atoms with Crippen molar-refractivity contribution in [3.05, 3.63) is 88.4 Å². The smallest absolute Gasteiger partial charge is 0.262 e. The Morgan fingerprint density at radius 2 is 1.63 bits per heavy atom. The summed E-state index contributed by atoms with van der Waals surface area (Å²) >= 11 is 0. The van der Waals surface area contributed by atoms with Gasteiger partial charge in [0.1, 0.15) is 29.7 Å². The van der Waals surface area contributed by atoms with Crippen molar-refractivity contribution in [1.29, 1.82) is 0 Å². The minimum atomic E-state index is -0.972. The molecule has 2 atom stereocenters. The number of benzene rings is 2. The number of hydrogen-bond acceptors (Lipinski definition) is 12. The van der Waals surface area contributed by atoms with Crippen molar-refractivity contribution in [2.45, 2.75) is 115 Å². The highest BCUT2D eigenvalue weighted by atomic mass is 16.3. The van der Waals surface area contributed by atoms with Crippen molar-refractivity contribution >= 4 is 41.0 Å². The number of hydrogen-bond donors (Lipinski definition) is 3. The van der Waals surface area contributed by atoms with Crippen LogP contribution >= 0.6 is 0 Å². The summed E-state index contributed by atoms with van der Waals surface area (Å²) in [6.07, 6.45) is 9.76. The molecule has 0 bridgehead atoms. The van der Waals surface area contributed by atoms with Crippen LogP contribution in [0.15, 0.2) is 54.9 Å². The zero-order chi connectivity index (χ0) is 41.3. The number of aromatic nitrogens is 2. The molecule has 59 heavy (non-hydrogen) atoms. The highest BCUT2D eigenvalue weighted by Crippen LogP contribution is 2.31. The van der Waals surface area contributed by atoms with E-state index in [0.717, 1.165) is 88.1 Å². The fourth-order valence-electron chi connectivity index (χ4n) is 8.75. The SMILES string of the molecule is O=C(CCCCCCCc1cccc2c1C(=O)N(C1CCC(=O)NC1=O)C2=O)CCCN1CC(Nc2cc(C(=O)CC[C@H](O)CN3CCc4ccccc4C3)ncn2)C1. The summed E-state index contributed by atoms with van der Waals surface area (Å²) in [5.74, 6) is -1.17. The first kappa shape index (κ1) is 42.0. The zero-order valence-corrected chi connectivity index (χ0v) is 33.7. The Bertz CT molecular complexity index is 2050. The molecule has 1 aromatic heterocycles. The van der Waals surface area contributed by atoms with E-state index in [2.05, 4.69) is 48.6 Å². The molecule has 14 heteroatoms. The van der Waals surface area contributed by atoms with Crippen molar-refractivity contribution in [1.82, 2.24) is 30.0 Å². The van der Waals surface area contributed by atoms with E-state index in [4.69, 9.17) is 0 Å². The maximum absolute atomic E-state index is 13.3. The number of Topliss-reactive ketones (excluding diaryl/α,β-unsaturated/α-hetero) is 2. The van der Waals surface area contributed by atoms with E-state index in [-0.39, 0.29) is 36.9 Å². The van der Waals surface area contributed by atoms with Gasteiger partial charge in [-0.05, 0) is 74.2 Å². The Balaban J connectivity index is 0.718. The third kappa shape index (κ3) is 10.7. The summed E-state index contributed by atoms with van der Waals surface area (Å²) in [5, 5.41) is 16.3. The van der Waals surface area contributed by atoms with Crippen LogP contribution < -0.4 is 10.6 Å². The number of piperidine rings is 1. The van der Waals surface area contributed by atoms with Gasteiger partial charge in [-0.1, -0.05) is 55.7 Å². The third-order valence-electron chi connectivity index (χ3n) is 12.0. The van der Waals surface area contributed by atoms with E-state index in [1.54, 1.807) is 18.2 Å². The number of imide groups is 2. The molecule has 2 aromatic carbocycles. The van der Waals surface area contributed by atoms with Gasteiger partial charge in [0.2, 0.25) is 11.8 Å². The van der Waals surface area contributed by atoms with E-state index in [0.29, 0.717) is 54.9 Å². The van der Waals surface area contributed by atoms with Crippen LogP contribution in [0.1, 0.15) is 125 Å². The van der Waals surface area contributed by atoms with E-state index in [9.17, 15) is 33.9 Å². The molecule has 0 saturated carbocycles. The lowest BCUT2D eigenvalue weighted by Gasteiger charge is -2.39. The number of fused-ring (bicyclic) bond motifs is 2. The highest BCUT2D eigenvalue weighted by molar-refractivity contribution is 6.24. The number of anilines is 1. The molecule has 14 nitrogen and oxygen atoms in total. The van der Waals surface area contributed by atoms with Crippen molar-refractivity contribution in [3.63, 3.8) is 0 Å². The number of nitrogens with one attached hydrogen (secondary N) is 2. The lowest BCUT2D eigenvalue weighted by atomic mass is 9.97. The number of aryl methyl sites for hydroxylation is 1. The van der Waals surface area contributed by atoms with Crippen molar-refractivity contribution < 1.29 is 33.9 Å². The maximum atomic E-state index is 13.3. The topological polar surface area (TPSA) is 182 Å². The predicted molar refractivity (Wildman–Crippen MR) is 220 cm³/mol. The van der Waals surface area contributed by atoms with E-state index < -0.39 is 35.8 Å². The number of unbranched alkanes of at least 4 members (excludes halogenated alkanes) is 4. The Hall–Kier alpha value is -5.18. The summed E-state index contributed by atoms with van der Waals surface area (Å²) < 4.78 is 0. The van der Waals surface area contributed by atoms with Crippen LogP contribution in [0, 0.1) is 0 Å². The average Bonchev–Trinajstić information content (AvgIpc) is 3.47. The second-order valence-electron chi connectivity index (χ2n) is 16.5. The molecule has 312 valence electrons. The molecule has 4 aliphatic rings. The van der Waals surface area contributed by atoms with Crippen LogP contribution in [0.5, 0.6) is 0 Å². The molecule has 3 N–H and O–H groups in total. The van der Waals surface area contributed by atoms with Gasteiger partial charge in [-0.25, -0.2) is 9.97 Å². The lowest BCUT2D eigenvalue weighted by Crippen LogP contribution is -2.54. The van der Waals surface area contributed by atoms with Crippen molar-refractivity contribution in [3.8, 4) is 0 Å². The summed E-state index contributed by atoms with van der Waals surface area (Å²) in [4.78, 5) is 89.9. The number of ketones is 2. The van der Waals surface area contributed by atoms with Crippen LogP contribution in [0.25, 0.3) is 0 Å². The second-order valence-corrected chi connectivity index (χ2v) is 16.5. The first-order chi connectivity index (χ1) is 28.6. The fourth-order valence-corrected chi connectivity index (χ4v) is 8.75. The first-order valence-electron chi connectivity index (χ1n) is 21.3. The molecule has 0 aliphatic carbocycles. The van der Waals surface area contributed by atoms with Gasteiger partial charge < -0.3 is 10.4 Å². The molecule has 4 amide bonds.